The molecule has 0 rings (SSSR count). The van der Waals surface area contributed by atoms with Gasteiger partial charge in [0.1, 0.15) is 0 Å². The summed E-state index contributed by atoms with van der Waals surface area (Å²) >= 11 is 0. The Morgan fingerprint density at radius 2 is 2.08 bits per heavy atom. The molecule has 0 spiro atoms. The molecule has 0 aliphatic rings. The van der Waals surface area contributed by atoms with E-state index in [1.54, 1.807) is 6.92 Å². The van der Waals surface area contributed by atoms with Crippen molar-refractivity contribution in [2.45, 2.75) is 39.3 Å². The second-order valence-electron chi connectivity index (χ2n) is 3.51. The lowest BCUT2D eigenvalue weighted by atomic mass is 9.99. The fourth-order valence-corrected chi connectivity index (χ4v) is 0.878. The van der Waals surface area contributed by atoms with Crippen LogP contribution in [-0.4, -0.2) is 29.7 Å². The highest BCUT2D eigenvalue weighted by molar-refractivity contribution is 5.81. The minimum absolute atomic E-state index is 0.175. The summed E-state index contributed by atoms with van der Waals surface area (Å²) in [4.78, 5) is 11.3. The van der Waals surface area contributed by atoms with Crippen molar-refractivity contribution in [1.29, 1.82) is 0 Å². The normalized spacial score (nSPS) is 17.6. The lowest BCUT2D eigenvalue weighted by Gasteiger charge is -2.18. The monoisotopic (exact) mass is 188 g/mol. The van der Waals surface area contributed by atoms with Crippen molar-refractivity contribution in [3.63, 3.8) is 0 Å². The summed E-state index contributed by atoms with van der Waals surface area (Å²) in [6.45, 7) is 5.82. The zero-order chi connectivity index (χ0) is 10.4. The van der Waals surface area contributed by atoms with Gasteiger partial charge >= 0.3 is 0 Å². The zero-order valence-electron chi connectivity index (χ0n) is 8.58. The van der Waals surface area contributed by atoms with Crippen molar-refractivity contribution >= 4 is 5.91 Å². The van der Waals surface area contributed by atoms with Crippen LogP contribution in [0, 0.1) is 5.92 Å². The molecule has 0 aliphatic heterocycles. The first kappa shape index (κ1) is 12.4. The Balaban J connectivity index is 3.82. The van der Waals surface area contributed by atoms with E-state index in [4.69, 9.17) is 10.8 Å². The number of hydrogen-bond acceptors (Lipinski definition) is 3. The molecule has 0 saturated carbocycles. The van der Waals surface area contributed by atoms with E-state index in [9.17, 15) is 4.79 Å². The average molecular weight is 188 g/mol. The summed E-state index contributed by atoms with van der Waals surface area (Å²) in [7, 11) is 0. The molecule has 4 nitrogen and oxygen atoms in total. The average Bonchev–Trinajstić information content (AvgIpc) is 2.11. The van der Waals surface area contributed by atoms with Crippen LogP contribution >= 0.6 is 0 Å². The maximum absolute atomic E-state index is 11.3. The fraction of sp³-hybridized carbons (Fsp3) is 0.889. The Labute approximate surface area is 79.5 Å². The second-order valence-corrected chi connectivity index (χ2v) is 3.51. The van der Waals surface area contributed by atoms with Crippen LogP contribution in [0.15, 0.2) is 0 Å². The molecule has 4 N–H and O–H groups in total. The third-order valence-corrected chi connectivity index (χ3v) is 2.13. The predicted octanol–water partition coefficient (Wildman–Crippen LogP) is -0.143. The third-order valence-electron chi connectivity index (χ3n) is 2.13. The summed E-state index contributed by atoms with van der Waals surface area (Å²) in [6, 6.07) is -0.469. The summed E-state index contributed by atoms with van der Waals surface area (Å²) in [5.41, 5.74) is 5.66. The summed E-state index contributed by atoms with van der Waals surface area (Å²) in [6.07, 6.45) is 0.358. The number of nitrogens with one attached hydrogen (secondary N) is 1. The maximum atomic E-state index is 11.3. The van der Waals surface area contributed by atoms with Gasteiger partial charge in [-0.1, -0.05) is 20.3 Å². The number of aliphatic hydroxyl groups is 1. The molecule has 13 heavy (non-hydrogen) atoms. The Bertz CT molecular complexity index is 160. The van der Waals surface area contributed by atoms with E-state index in [1.807, 2.05) is 13.8 Å². The first-order valence-corrected chi connectivity index (χ1v) is 4.70. The smallest absolute Gasteiger partial charge is 0.237 e. The predicted molar refractivity (Wildman–Crippen MR) is 52.1 cm³/mol. The molecule has 0 aliphatic carbocycles. The number of hydrogen-bond donors (Lipinski definition) is 3. The number of nitrogens with two attached hydrogens (primary N) is 1. The van der Waals surface area contributed by atoms with Crippen LogP contribution in [0.4, 0.5) is 0 Å². The SMILES string of the molecule is CC[C@H](C)[C@H](N)C(=O)NCC(C)O. The molecule has 1 amide bonds. The van der Waals surface area contributed by atoms with Gasteiger partial charge in [0.2, 0.25) is 5.91 Å². The molecule has 0 heterocycles. The van der Waals surface area contributed by atoms with Gasteiger partial charge in [-0.2, -0.15) is 0 Å². The molecule has 0 aromatic heterocycles. The molecule has 0 aromatic carbocycles. The van der Waals surface area contributed by atoms with Gasteiger partial charge in [-0.15, -0.1) is 0 Å². The van der Waals surface area contributed by atoms with Crippen LogP contribution in [0.25, 0.3) is 0 Å². The number of rotatable bonds is 5. The van der Waals surface area contributed by atoms with Gasteiger partial charge in [0.15, 0.2) is 0 Å². The molecule has 1 unspecified atom stereocenters. The molecule has 3 atom stereocenters. The van der Waals surface area contributed by atoms with Crippen molar-refractivity contribution in [3.8, 4) is 0 Å². The van der Waals surface area contributed by atoms with E-state index in [0.29, 0.717) is 0 Å². The van der Waals surface area contributed by atoms with Crippen LogP contribution in [0.1, 0.15) is 27.2 Å². The van der Waals surface area contributed by atoms with Gasteiger partial charge < -0.3 is 16.2 Å². The molecule has 0 bridgehead atoms. The van der Waals surface area contributed by atoms with Crippen molar-refractivity contribution < 1.29 is 9.90 Å². The van der Waals surface area contributed by atoms with E-state index in [2.05, 4.69) is 5.32 Å². The lowest BCUT2D eigenvalue weighted by molar-refractivity contribution is -0.123. The highest BCUT2D eigenvalue weighted by Crippen LogP contribution is 2.04. The van der Waals surface area contributed by atoms with Gasteiger partial charge in [-0.3, -0.25) is 4.79 Å². The molecular weight excluding hydrogens is 168 g/mol. The Kier molecular flexibility index (Phi) is 5.66. The van der Waals surface area contributed by atoms with Crippen LogP contribution in [-0.2, 0) is 4.79 Å². The van der Waals surface area contributed by atoms with Gasteiger partial charge in [0, 0.05) is 6.54 Å². The van der Waals surface area contributed by atoms with Gasteiger partial charge in [0.05, 0.1) is 12.1 Å². The zero-order valence-corrected chi connectivity index (χ0v) is 8.58. The first-order chi connectivity index (χ1) is 5.99. The van der Waals surface area contributed by atoms with Crippen molar-refractivity contribution in [1.82, 2.24) is 5.32 Å². The highest BCUT2D eigenvalue weighted by atomic mass is 16.3. The lowest BCUT2D eigenvalue weighted by Crippen LogP contribution is -2.46. The van der Waals surface area contributed by atoms with Crippen LogP contribution < -0.4 is 11.1 Å². The minimum atomic E-state index is -0.520. The summed E-state index contributed by atoms with van der Waals surface area (Å²) in [5.74, 6) is -0.00995. The summed E-state index contributed by atoms with van der Waals surface area (Å²) < 4.78 is 0. The van der Waals surface area contributed by atoms with Crippen molar-refractivity contribution in [2.75, 3.05) is 6.54 Å². The van der Waals surface area contributed by atoms with E-state index in [-0.39, 0.29) is 18.4 Å². The molecular formula is C9H20N2O2. The first-order valence-electron chi connectivity index (χ1n) is 4.70. The molecule has 4 heteroatoms. The Hall–Kier alpha value is -0.610. The quantitative estimate of drug-likeness (QED) is 0.562. The molecule has 0 radical (unpaired) electrons. The minimum Gasteiger partial charge on any atom is -0.392 e. The summed E-state index contributed by atoms with van der Waals surface area (Å²) in [5, 5.41) is 11.5. The third kappa shape index (κ3) is 4.85. The van der Waals surface area contributed by atoms with Gasteiger partial charge in [-0.25, -0.2) is 0 Å². The van der Waals surface area contributed by atoms with E-state index in [1.165, 1.54) is 0 Å². The maximum Gasteiger partial charge on any atom is 0.237 e. The standard InChI is InChI=1S/C9H20N2O2/c1-4-6(2)8(10)9(13)11-5-7(3)12/h6-8,12H,4-5,10H2,1-3H3,(H,11,13)/t6-,7?,8-/m0/s1. The van der Waals surface area contributed by atoms with Gasteiger partial charge in [-0.05, 0) is 12.8 Å². The number of aliphatic hydroxyl groups excluding tert-OH is 1. The van der Waals surface area contributed by atoms with E-state index in [0.717, 1.165) is 6.42 Å². The molecule has 78 valence electrons. The topological polar surface area (TPSA) is 75.4 Å². The molecule has 0 aromatic rings. The second kappa shape index (κ2) is 5.94. The fourth-order valence-electron chi connectivity index (χ4n) is 0.878. The Morgan fingerprint density at radius 1 is 1.54 bits per heavy atom. The van der Waals surface area contributed by atoms with Crippen molar-refractivity contribution in [2.24, 2.45) is 11.7 Å². The van der Waals surface area contributed by atoms with E-state index < -0.39 is 12.1 Å². The Morgan fingerprint density at radius 3 is 2.46 bits per heavy atom. The number of amides is 1. The van der Waals surface area contributed by atoms with Crippen LogP contribution in [0.3, 0.4) is 0 Å². The van der Waals surface area contributed by atoms with Gasteiger partial charge in [0.25, 0.3) is 0 Å². The van der Waals surface area contributed by atoms with Crippen LogP contribution in [0.2, 0.25) is 0 Å². The number of carbonyl (C=O) groups excluding carboxylic acids is 1. The molecule has 0 fully saturated rings. The number of carbonyl (C=O) groups is 1. The van der Waals surface area contributed by atoms with Crippen LogP contribution in [0.5, 0.6) is 0 Å². The molecule has 0 saturated heterocycles. The largest absolute Gasteiger partial charge is 0.392 e. The highest BCUT2D eigenvalue weighted by Gasteiger charge is 2.18. The van der Waals surface area contributed by atoms with E-state index >= 15 is 0 Å². The van der Waals surface area contributed by atoms with Crippen molar-refractivity contribution in [3.05, 3.63) is 0 Å².